The summed E-state index contributed by atoms with van der Waals surface area (Å²) in [6.45, 7) is 22.5. The van der Waals surface area contributed by atoms with Gasteiger partial charge in [0, 0.05) is 73.8 Å². The van der Waals surface area contributed by atoms with Crippen LogP contribution in [-0.4, -0.2) is 9.97 Å². The number of aromatic nitrogens is 2. The molecule has 0 spiro atoms. The Morgan fingerprint density at radius 1 is 0.533 bits per heavy atom. The molecule has 0 radical (unpaired) electrons. The minimum Gasteiger partial charge on any atom is -0.509 e. The molecule has 60 heavy (non-hydrogen) atoms. The third-order valence-electron chi connectivity index (χ3n) is 11.3. The quantitative estimate of drug-likeness (QED) is 0.160. The molecular weight excluding hydrogens is 918 g/mol. The number of fused-ring (bicyclic) bond motifs is 6. The van der Waals surface area contributed by atoms with E-state index >= 15 is 0 Å². The summed E-state index contributed by atoms with van der Waals surface area (Å²) in [5.41, 5.74) is 14.0. The number of para-hydroxylation sites is 2. The van der Waals surface area contributed by atoms with E-state index in [-0.39, 0.29) is 37.3 Å². The van der Waals surface area contributed by atoms with E-state index in [0.717, 1.165) is 62.2 Å². The smallest absolute Gasteiger partial charge is 0.135 e. The van der Waals surface area contributed by atoms with Gasteiger partial charge in [0.25, 0.3) is 0 Å². The normalized spacial score (nSPS) is 13.4. The second kappa shape index (κ2) is 15.4. The van der Waals surface area contributed by atoms with Crippen LogP contribution in [0.1, 0.15) is 79.0 Å². The molecule has 0 amide bonds. The molecule has 0 saturated carbocycles. The number of hydrogen-bond donors (Lipinski definition) is 0. The first-order chi connectivity index (χ1) is 28.1. The maximum atomic E-state index is 6.70. The average molecular weight is 968 g/mol. The van der Waals surface area contributed by atoms with Gasteiger partial charge in [-0.15, -0.1) is 48.3 Å². The molecule has 7 aromatic rings. The Labute approximate surface area is 370 Å². The third-order valence-corrected chi connectivity index (χ3v) is 11.3. The molecule has 0 bridgehead atoms. The van der Waals surface area contributed by atoms with Crippen molar-refractivity contribution in [1.29, 1.82) is 0 Å². The fourth-order valence-electron chi connectivity index (χ4n) is 7.91. The van der Waals surface area contributed by atoms with E-state index < -0.39 is 0 Å². The zero-order valence-corrected chi connectivity index (χ0v) is 38.0. The van der Waals surface area contributed by atoms with Crippen molar-refractivity contribution in [3.05, 3.63) is 169 Å². The summed E-state index contributed by atoms with van der Waals surface area (Å²) < 4.78 is 6.70. The van der Waals surface area contributed by atoms with Crippen LogP contribution < -0.4 is 19.4 Å². The maximum absolute atomic E-state index is 6.70. The fourth-order valence-corrected chi connectivity index (χ4v) is 7.91. The summed E-state index contributed by atoms with van der Waals surface area (Å²) in [4.78, 5) is 16.2. The van der Waals surface area contributed by atoms with Crippen molar-refractivity contribution in [2.24, 2.45) is 0 Å². The van der Waals surface area contributed by atoms with Gasteiger partial charge in [-0.1, -0.05) is 116 Å². The van der Waals surface area contributed by atoms with Crippen LogP contribution in [0.15, 0.2) is 134 Å². The van der Waals surface area contributed by atoms with Crippen LogP contribution in [0.3, 0.4) is 0 Å². The predicted molar refractivity (Wildman–Crippen MR) is 243 cm³/mol. The Bertz CT molecular complexity index is 2690. The van der Waals surface area contributed by atoms with Gasteiger partial charge in [0.2, 0.25) is 0 Å². The van der Waals surface area contributed by atoms with E-state index in [9.17, 15) is 0 Å². The van der Waals surface area contributed by atoms with Gasteiger partial charge < -0.3 is 19.4 Å². The van der Waals surface area contributed by atoms with E-state index in [1.807, 2.05) is 36.8 Å². The van der Waals surface area contributed by atoms with Crippen LogP contribution in [0, 0.1) is 18.8 Å². The maximum Gasteiger partial charge on any atom is 0.135 e. The van der Waals surface area contributed by atoms with Gasteiger partial charge in [0.05, 0.1) is 5.69 Å². The minimum atomic E-state index is -0.0674. The van der Waals surface area contributed by atoms with Gasteiger partial charge in [-0.05, 0) is 81.0 Å². The van der Waals surface area contributed by atoms with Crippen molar-refractivity contribution < 1.29 is 25.8 Å². The standard InChI is InChI=1S/C53H50N5O.Pt/c1-51(2,3)35-23-26-55-50(30-35)58-46-24-25-54-33-45(46)43-18-11-10-17-42(43)44-22-21-41(32-49(44)58)59-40-16-14-15-38(31-40)56-34-57(48-20-13-12-19-47(48)56)39-28-36(52(4,5)6)27-37(29-39)53(7,8)9;/h10-30,33-34H,1-9H3;/q-3;. The van der Waals surface area contributed by atoms with Gasteiger partial charge in [-0.3, -0.25) is 4.98 Å². The first-order valence-electron chi connectivity index (χ1n) is 20.4. The molecule has 0 N–H and O–H groups in total. The molecule has 9 rings (SSSR count). The van der Waals surface area contributed by atoms with Crippen LogP contribution in [0.5, 0.6) is 11.5 Å². The Hall–Kier alpha value is -5.71. The molecule has 4 heterocycles. The van der Waals surface area contributed by atoms with Crippen LogP contribution >= 0.6 is 0 Å². The Morgan fingerprint density at radius 3 is 1.85 bits per heavy atom. The summed E-state index contributed by atoms with van der Waals surface area (Å²) in [7, 11) is 0. The molecule has 306 valence electrons. The number of hydrogen-bond acceptors (Lipinski definition) is 6. The van der Waals surface area contributed by atoms with Crippen LogP contribution in [0.2, 0.25) is 0 Å². The van der Waals surface area contributed by atoms with Crippen molar-refractivity contribution >= 4 is 39.9 Å². The Morgan fingerprint density at radius 2 is 1.17 bits per heavy atom. The average Bonchev–Trinajstić information content (AvgIpc) is 3.55. The largest absolute Gasteiger partial charge is 0.509 e. The number of nitrogens with zero attached hydrogens (tertiary/aromatic N) is 5. The Balaban J connectivity index is 0.00000499. The molecule has 0 atom stereocenters. The number of rotatable bonds is 5. The first kappa shape index (κ1) is 41.0. The molecule has 2 aromatic heterocycles. The number of ether oxygens (including phenoxy) is 1. The summed E-state index contributed by atoms with van der Waals surface area (Å²) in [5, 5.41) is 0. The van der Waals surface area contributed by atoms with Crippen molar-refractivity contribution in [3.63, 3.8) is 0 Å². The SMILES string of the molecule is CC(C)(C)c1cc(N2[CH-]N(c3[c-]c(Oc4[c-]c5c(cc4)-c4ccccc4-c4cnccc4N5c4cc(C(C)(C)C)ccn4)ccc3)c3ccccc32)cc(C(C)(C)C)c1.[Pt]. The summed E-state index contributed by atoms with van der Waals surface area (Å²) in [5.74, 6) is 1.97. The summed E-state index contributed by atoms with van der Waals surface area (Å²) >= 11 is 0. The van der Waals surface area contributed by atoms with Crippen molar-refractivity contribution in [2.45, 2.75) is 78.6 Å². The number of anilines is 7. The first-order valence-corrected chi connectivity index (χ1v) is 20.4. The molecule has 2 aliphatic rings. The van der Waals surface area contributed by atoms with Crippen LogP contribution in [0.25, 0.3) is 22.3 Å². The van der Waals surface area contributed by atoms with Crippen LogP contribution in [0.4, 0.5) is 39.9 Å². The molecular formula is C53H50N5OPt-3. The van der Waals surface area contributed by atoms with Crippen molar-refractivity contribution in [3.8, 4) is 33.8 Å². The van der Waals surface area contributed by atoms with Gasteiger partial charge in [-0.2, -0.15) is 12.1 Å². The molecule has 5 aromatic carbocycles. The molecule has 6 nitrogen and oxygen atoms in total. The molecule has 0 unspecified atom stereocenters. The van der Waals surface area contributed by atoms with Gasteiger partial charge in [0.15, 0.2) is 0 Å². The second-order valence-corrected chi connectivity index (χ2v) is 18.6. The van der Waals surface area contributed by atoms with E-state index in [1.54, 1.807) is 0 Å². The van der Waals surface area contributed by atoms with Gasteiger partial charge in [0.1, 0.15) is 5.82 Å². The molecule has 2 aliphatic heterocycles. The third kappa shape index (κ3) is 7.63. The topological polar surface area (TPSA) is 44.7 Å². The zero-order chi connectivity index (χ0) is 41.3. The fraction of sp³-hybridized carbons (Fsp3) is 0.226. The van der Waals surface area contributed by atoms with E-state index in [4.69, 9.17) is 9.72 Å². The van der Waals surface area contributed by atoms with Crippen molar-refractivity contribution in [2.75, 3.05) is 14.7 Å². The van der Waals surface area contributed by atoms with E-state index in [1.165, 1.54) is 16.7 Å². The molecule has 0 aliphatic carbocycles. The number of pyridine rings is 2. The predicted octanol–water partition coefficient (Wildman–Crippen LogP) is 14.3. The molecule has 7 heteroatoms. The Kier molecular flexibility index (Phi) is 10.5. The van der Waals surface area contributed by atoms with Crippen LogP contribution in [-0.2, 0) is 37.3 Å². The number of benzene rings is 5. The zero-order valence-electron chi connectivity index (χ0n) is 35.7. The summed E-state index contributed by atoms with van der Waals surface area (Å²) in [6, 6.07) is 47.9. The monoisotopic (exact) mass is 967 g/mol. The van der Waals surface area contributed by atoms with Gasteiger partial charge >= 0.3 is 0 Å². The molecule has 0 saturated heterocycles. The summed E-state index contributed by atoms with van der Waals surface area (Å²) in [6.07, 6.45) is 5.68. The minimum absolute atomic E-state index is 0. The second-order valence-electron chi connectivity index (χ2n) is 18.6. The van der Waals surface area contributed by atoms with E-state index in [2.05, 4.69) is 198 Å². The molecule has 0 fully saturated rings. The van der Waals surface area contributed by atoms with Gasteiger partial charge in [-0.25, -0.2) is 4.98 Å². The van der Waals surface area contributed by atoms with E-state index in [0.29, 0.717) is 11.5 Å². The van der Waals surface area contributed by atoms with Crippen molar-refractivity contribution in [1.82, 2.24) is 9.97 Å².